The Hall–Kier alpha value is -1.10. The van der Waals surface area contributed by atoms with Crippen LogP contribution in [0.3, 0.4) is 0 Å². The molecule has 3 rings (SSSR count). The molecule has 1 atom stereocenters. The molecule has 2 N–H and O–H groups in total. The lowest BCUT2D eigenvalue weighted by Crippen LogP contribution is -2.36. The van der Waals surface area contributed by atoms with Crippen molar-refractivity contribution in [3.63, 3.8) is 0 Å². The average molecular weight is 268 g/mol. The van der Waals surface area contributed by atoms with E-state index in [9.17, 15) is 0 Å². The van der Waals surface area contributed by atoms with E-state index in [2.05, 4.69) is 19.9 Å². The molecule has 6 heteroatoms. The van der Waals surface area contributed by atoms with Gasteiger partial charge in [0.25, 0.3) is 0 Å². The molecule has 98 valence electrons. The van der Waals surface area contributed by atoms with Gasteiger partial charge in [0.2, 0.25) is 17.2 Å². The lowest BCUT2D eigenvalue weighted by molar-refractivity contribution is 0.427. The van der Waals surface area contributed by atoms with Gasteiger partial charge in [0.05, 0.1) is 0 Å². The lowest BCUT2D eigenvalue weighted by Gasteiger charge is -2.29. The van der Waals surface area contributed by atoms with Crippen LogP contribution in [0, 0.1) is 5.92 Å². The lowest BCUT2D eigenvalue weighted by atomic mass is 9.96. The monoisotopic (exact) mass is 267 g/mol. The van der Waals surface area contributed by atoms with Crippen LogP contribution >= 0.6 is 11.6 Å². The Morgan fingerprint density at radius 2 is 1.83 bits per heavy atom. The fourth-order valence-corrected chi connectivity index (χ4v) is 3.52. The smallest absolute Gasteiger partial charge is 0.231 e. The van der Waals surface area contributed by atoms with E-state index in [1.165, 1.54) is 38.5 Å². The molecule has 1 saturated heterocycles. The fraction of sp³-hybridized carbons (Fsp3) is 0.750. The van der Waals surface area contributed by atoms with Gasteiger partial charge in [0, 0.05) is 12.6 Å². The number of halogens is 1. The third-order valence-electron chi connectivity index (χ3n) is 4.11. The summed E-state index contributed by atoms with van der Waals surface area (Å²) in [6.45, 7) is 1.00. The molecule has 2 aliphatic rings. The highest BCUT2D eigenvalue weighted by Crippen LogP contribution is 2.36. The molecule has 2 fully saturated rings. The maximum atomic E-state index is 5.87. The average Bonchev–Trinajstić information content (AvgIpc) is 2.98. The van der Waals surface area contributed by atoms with Crippen molar-refractivity contribution in [1.29, 1.82) is 0 Å². The molecule has 0 spiro atoms. The second-order valence-corrected chi connectivity index (χ2v) is 5.55. The van der Waals surface area contributed by atoms with Crippen molar-refractivity contribution in [2.24, 2.45) is 5.92 Å². The van der Waals surface area contributed by atoms with Gasteiger partial charge in [-0.3, -0.25) is 0 Å². The summed E-state index contributed by atoms with van der Waals surface area (Å²) in [5, 5.41) is 0.189. The van der Waals surface area contributed by atoms with Crippen LogP contribution < -0.4 is 10.6 Å². The Balaban J connectivity index is 1.85. The molecule has 0 amide bonds. The van der Waals surface area contributed by atoms with Crippen molar-refractivity contribution < 1.29 is 0 Å². The number of anilines is 2. The van der Waals surface area contributed by atoms with Crippen molar-refractivity contribution in [3.8, 4) is 0 Å². The summed E-state index contributed by atoms with van der Waals surface area (Å²) in [5.74, 6) is 1.65. The van der Waals surface area contributed by atoms with Crippen LogP contribution in [0.1, 0.15) is 38.5 Å². The Bertz CT molecular complexity index is 412. The van der Waals surface area contributed by atoms with Crippen LogP contribution in [-0.4, -0.2) is 27.5 Å². The maximum Gasteiger partial charge on any atom is 0.231 e. The molecule has 0 aromatic carbocycles. The van der Waals surface area contributed by atoms with Crippen LogP contribution in [-0.2, 0) is 0 Å². The third-order valence-corrected chi connectivity index (χ3v) is 4.28. The molecule has 1 aliphatic carbocycles. The van der Waals surface area contributed by atoms with Gasteiger partial charge in [-0.25, -0.2) is 0 Å². The SMILES string of the molecule is Nc1nc(Cl)nc(N2CCCC2C2CCCC2)n1. The number of nitrogen functional groups attached to an aromatic ring is 1. The van der Waals surface area contributed by atoms with E-state index in [4.69, 9.17) is 17.3 Å². The minimum Gasteiger partial charge on any atom is -0.368 e. The number of hydrogen-bond donors (Lipinski definition) is 1. The van der Waals surface area contributed by atoms with Crippen LogP contribution in [0.5, 0.6) is 0 Å². The molecule has 1 aliphatic heterocycles. The van der Waals surface area contributed by atoms with E-state index < -0.39 is 0 Å². The van der Waals surface area contributed by atoms with Crippen molar-refractivity contribution in [3.05, 3.63) is 5.28 Å². The number of nitrogens with zero attached hydrogens (tertiary/aromatic N) is 4. The molecule has 1 unspecified atom stereocenters. The molecule has 0 radical (unpaired) electrons. The second kappa shape index (κ2) is 4.88. The minimum absolute atomic E-state index is 0.189. The summed E-state index contributed by atoms with van der Waals surface area (Å²) < 4.78 is 0. The van der Waals surface area contributed by atoms with Gasteiger partial charge >= 0.3 is 0 Å². The molecule has 1 aromatic rings. The van der Waals surface area contributed by atoms with Gasteiger partial charge in [-0.1, -0.05) is 12.8 Å². The van der Waals surface area contributed by atoms with Crippen LogP contribution in [0.15, 0.2) is 0 Å². The Kier molecular flexibility index (Phi) is 3.24. The Morgan fingerprint density at radius 1 is 1.06 bits per heavy atom. The first-order valence-corrected chi connectivity index (χ1v) is 7.05. The third kappa shape index (κ3) is 2.23. The summed E-state index contributed by atoms with van der Waals surface area (Å²) >= 11 is 5.87. The van der Waals surface area contributed by atoms with Gasteiger partial charge in [-0.15, -0.1) is 0 Å². The summed E-state index contributed by atoms with van der Waals surface area (Å²) in [6.07, 6.45) is 7.80. The zero-order chi connectivity index (χ0) is 12.5. The molecule has 18 heavy (non-hydrogen) atoms. The number of rotatable bonds is 2. The molecular formula is C12H18ClN5. The fourth-order valence-electron chi connectivity index (χ4n) is 3.36. The standard InChI is InChI=1S/C12H18ClN5/c13-10-15-11(14)17-12(16-10)18-7-3-6-9(18)8-4-1-2-5-8/h8-9H,1-7H2,(H2,14,15,16,17). The molecule has 1 aromatic heterocycles. The quantitative estimate of drug-likeness (QED) is 0.890. The predicted octanol–water partition coefficient (Wildman–Crippen LogP) is 2.27. The van der Waals surface area contributed by atoms with E-state index in [-0.39, 0.29) is 11.2 Å². The van der Waals surface area contributed by atoms with Crippen LogP contribution in [0.2, 0.25) is 5.28 Å². The Labute approximate surface area is 112 Å². The number of nitrogens with two attached hydrogens (primary N) is 1. The highest BCUT2D eigenvalue weighted by atomic mass is 35.5. The van der Waals surface area contributed by atoms with E-state index in [0.29, 0.717) is 12.0 Å². The molecule has 5 nitrogen and oxygen atoms in total. The van der Waals surface area contributed by atoms with E-state index in [1.54, 1.807) is 0 Å². The van der Waals surface area contributed by atoms with E-state index >= 15 is 0 Å². The van der Waals surface area contributed by atoms with Crippen molar-refractivity contribution >= 4 is 23.5 Å². The molecular weight excluding hydrogens is 250 g/mol. The van der Waals surface area contributed by atoms with Crippen molar-refractivity contribution in [1.82, 2.24) is 15.0 Å². The topological polar surface area (TPSA) is 67.9 Å². The highest BCUT2D eigenvalue weighted by Gasteiger charge is 2.34. The second-order valence-electron chi connectivity index (χ2n) is 5.21. The summed E-state index contributed by atoms with van der Waals surface area (Å²) in [5.41, 5.74) is 5.65. The van der Waals surface area contributed by atoms with Gasteiger partial charge < -0.3 is 10.6 Å². The largest absolute Gasteiger partial charge is 0.368 e. The molecule has 1 saturated carbocycles. The summed E-state index contributed by atoms with van der Waals surface area (Å²) in [7, 11) is 0. The molecule has 0 bridgehead atoms. The zero-order valence-corrected chi connectivity index (χ0v) is 11.1. The maximum absolute atomic E-state index is 5.87. The summed E-state index contributed by atoms with van der Waals surface area (Å²) in [4.78, 5) is 14.6. The number of aromatic nitrogens is 3. The van der Waals surface area contributed by atoms with Crippen LogP contribution in [0.4, 0.5) is 11.9 Å². The zero-order valence-electron chi connectivity index (χ0n) is 10.3. The van der Waals surface area contributed by atoms with Gasteiger partial charge in [0.1, 0.15) is 0 Å². The number of hydrogen-bond acceptors (Lipinski definition) is 5. The minimum atomic E-state index is 0.189. The summed E-state index contributed by atoms with van der Waals surface area (Å²) in [6, 6.07) is 0.561. The highest BCUT2D eigenvalue weighted by molar-refractivity contribution is 6.28. The van der Waals surface area contributed by atoms with E-state index in [1.807, 2.05) is 0 Å². The molecule has 2 heterocycles. The van der Waals surface area contributed by atoms with Crippen molar-refractivity contribution in [2.45, 2.75) is 44.6 Å². The normalized spacial score (nSPS) is 24.9. The van der Waals surface area contributed by atoms with Gasteiger partial charge in [-0.05, 0) is 43.2 Å². The van der Waals surface area contributed by atoms with Crippen molar-refractivity contribution in [2.75, 3.05) is 17.2 Å². The first-order valence-electron chi connectivity index (χ1n) is 6.68. The van der Waals surface area contributed by atoms with Crippen LogP contribution in [0.25, 0.3) is 0 Å². The predicted molar refractivity (Wildman–Crippen MR) is 71.6 cm³/mol. The first-order chi connectivity index (χ1) is 8.74. The Morgan fingerprint density at radius 3 is 2.56 bits per heavy atom. The van der Waals surface area contributed by atoms with E-state index in [0.717, 1.165) is 12.5 Å². The first kappa shape index (κ1) is 12.0. The van der Waals surface area contributed by atoms with Gasteiger partial charge in [-0.2, -0.15) is 15.0 Å². The van der Waals surface area contributed by atoms with Gasteiger partial charge in [0.15, 0.2) is 0 Å².